The van der Waals surface area contributed by atoms with Crippen molar-refractivity contribution >= 4 is 29.2 Å². The van der Waals surface area contributed by atoms with Gasteiger partial charge in [-0.2, -0.15) is 4.98 Å². The molecular weight excluding hydrogens is 273 g/mol. The molecule has 0 radical (unpaired) electrons. The van der Waals surface area contributed by atoms with Crippen LogP contribution in [0.1, 0.15) is 5.56 Å². The molecule has 1 N–H and O–H groups in total. The fourth-order valence-electron chi connectivity index (χ4n) is 1.35. The van der Waals surface area contributed by atoms with Crippen LogP contribution in [0, 0.1) is 6.92 Å². The molecule has 0 amide bonds. The zero-order valence-corrected chi connectivity index (χ0v) is 11.4. The minimum Gasteiger partial charge on any atom is -0.438 e. The summed E-state index contributed by atoms with van der Waals surface area (Å²) in [4.78, 5) is 8.29. The largest absolute Gasteiger partial charge is 0.438 e. The Labute approximate surface area is 115 Å². The minimum absolute atomic E-state index is 0.465. The van der Waals surface area contributed by atoms with Crippen LogP contribution in [-0.2, 0) is 0 Å². The van der Waals surface area contributed by atoms with E-state index in [1.54, 1.807) is 31.4 Å². The highest BCUT2D eigenvalue weighted by Gasteiger charge is 2.07. The predicted molar refractivity (Wildman–Crippen MR) is 72.9 cm³/mol. The molecule has 0 saturated carbocycles. The van der Waals surface area contributed by atoms with Crippen LogP contribution in [0.4, 0.5) is 5.95 Å². The molecular formula is C12H11Cl2N3O. The second kappa shape index (κ2) is 5.42. The molecule has 18 heavy (non-hydrogen) atoms. The molecule has 0 aliphatic rings. The Morgan fingerprint density at radius 3 is 2.44 bits per heavy atom. The molecule has 1 aromatic heterocycles. The first kappa shape index (κ1) is 12.9. The third-order valence-corrected chi connectivity index (χ3v) is 2.64. The van der Waals surface area contributed by atoms with Gasteiger partial charge in [0.15, 0.2) is 0 Å². The van der Waals surface area contributed by atoms with Crippen LogP contribution in [0.15, 0.2) is 24.4 Å². The number of anilines is 1. The molecule has 6 heteroatoms. The molecule has 94 valence electrons. The number of rotatable bonds is 3. The van der Waals surface area contributed by atoms with Crippen molar-refractivity contribution < 1.29 is 4.74 Å². The summed E-state index contributed by atoms with van der Waals surface area (Å²) in [6.07, 6.45) is 1.68. The van der Waals surface area contributed by atoms with Gasteiger partial charge < -0.3 is 10.1 Å². The van der Waals surface area contributed by atoms with E-state index < -0.39 is 0 Å². The van der Waals surface area contributed by atoms with Crippen molar-refractivity contribution in [1.29, 1.82) is 0 Å². The van der Waals surface area contributed by atoms with E-state index in [0.717, 1.165) is 5.56 Å². The summed E-state index contributed by atoms with van der Waals surface area (Å²) in [5.74, 6) is 1.49. The average Bonchev–Trinajstić information content (AvgIpc) is 2.30. The average molecular weight is 284 g/mol. The first-order valence-corrected chi connectivity index (χ1v) is 5.99. The van der Waals surface area contributed by atoms with Crippen molar-refractivity contribution in [3.8, 4) is 11.6 Å². The standard InChI is InChI=1S/C12H11Cl2N3O/c1-7-6-16-12(15-2)17-11(7)18-10-4-8(13)3-9(14)5-10/h3-6H,1-2H3,(H,15,16,17). The van der Waals surface area contributed by atoms with E-state index in [-0.39, 0.29) is 0 Å². The molecule has 0 aliphatic heterocycles. The van der Waals surface area contributed by atoms with Gasteiger partial charge in [-0.15, -0.1) is 0 Å². The topological polar surface area (TPSA) is 47.0 Å². The van der Waals surface area contributed by atoms with Crippen LogP contribution in [0.2, 0.25) is 10.0 Å². The maximum Gasteiger partial charge on any atom is 0.226 e. The van der Waals surface area contributed by atoms with Crippen molar-refractivity contribution in [3.63, 3.8) is 0 Å². The van der Waals surface area contributed by atoms with Gasteiger partial charge in [0.2, 0.25) is 11.8 Å². The van der Waals surface area contributed by atoms with E-state index in [2.05, 4.69) is 15.3 Å². The Bertz CT molecular complexity index is 555. The van der Waals surface area contributed by atoms with Crippen molar-refractivity contribution in [2.75, 3.05) is 12.4 Å². The van der Waals surface area contributed by atoms with Crippen LogP contribution in [0.3, 0.4) is 0 Å². The summed E-state index contributed by atoms with van der Waals surface area (Å²) >= 11 is 11.8. The van der Waals surface area contributed by atoms with Gasteiger partial charge in [0.05, 0.1) is 0 Å². The molecule has 0 atom stereocenters. The van der Waals surface area contributed by atoms with Crippen LogP contribution in [0.5, 0.6) is 11.6 Å². The second-order valence-electron chi connectivity index (χ2n) is 3.64. The third-order valence-electron chi connectivity index (χ3n) is 2.20. The quantitative estimate of drug-likeness (QED) is 0.927. The van der Waals surface area contributed by atoms with Gasteiger partial charge in [0, 0.05) is 28.9 Å². The number of hydrogen-bond donors (Lipinski definition) is 1. The van der Waals surface area contributed by atoms with Gasteiger partial charge in [-0.25, -0.2) is 4.98 Å². The summed E-state index contributed by atoms with van der Waals surface area (Å²) in [6, 6.07) is 4.99. The molecule has 0 aliphatic carbocycles. The molecule has 0 unspecified atom stereocenters. The summed E-state index contributed by atoms with van der Waals surface area (Å²) in [5.41, 5.74) is 0.824. The number of aromatic nitrogens is 2. The van der Waals surface area contributed by atoms with Crippen LogP contribution >= 0.6 is 23.2 Å². The lowest BCUT2D eigenvalue weighted by Gasteiger charge is -2.09. The molecule has 2 aromatic rings. The Morgan fingerprint density at radius 2 is 1.83 bits per heavy atom. The lowest BCUT2D eigenvalue weighted by atomic mass is 10.3. The minimum atomic E-state index is 0.465. The number of aryl methyl sites for hydroxylation is 1. The van der Waals surface area contributed by atoms with Crippen molar-refractivity contribution in [3.05, 3.63) is 40.0 Å². The van der Waals surface area contributed by atoms with Crippen LogP contribution < -0.4 is 10.1 Å². The SMILES string of the molecule is CNc1ncc(C)c(Oc2cc(Cl)cc(Cl)c2)n1. The maximum atomic E-state index is 5.91. The summed E-state index contributed by atoms with van der Waals surface area (Å²) < 4.78 is 5.65. The fraction of sp³-hybridized carbons (Fsp3) is 0.167. The molecule has 1 heterocycles. The van der Waals surface area contributed by atoms with E-state index in [4.69, 9.17) is 27.9 Å². The molecule has 2 rings (SSSR count). The maximum absolute atomic E-state index is 5.91. The first-order chi connectivity index (χ1) is 8.58. The normalized spacial score (nSPS) is 10.2. The number of nitrogens with one attached hydrogen (secondary N) is 1. The van der Waals surface area contributed by atoms with E-state index in [1.807, 2.05) is 6.92 Å². The van der Waals surface area contributed by atoms with Crippen molar-refractivity contribution in [1.82, 2.24) is 9.97 Å². The number of benzene rings is 1. The zero-order valence-electron chi connectivity index (χ0n) is 9.87. The lowest BCUT2D eigenvalue weighted by Crippen LogP contribution is -1.99. The van der Waals surface area contributed by atoms with Crippen LogP contribution in [-0.4, -0.2) is 17.0 Å². The van der Waals surface area contributed by atoms with Gasteiger partial charge in [0.1, 0.15) is 5.75 Å². The fourth-order valence-corrected chi connectivity index (χ4v) is 1.86. The summed E-state index contributed by atoms with van der Waals surface area (Å²) in [7, 11) is 1.74. The molecule has 1 aromatic carbocycles. The Kier molecular flexibility index (Phi) is 3.89. The number of ether oxygens (including phenoxy) is 1. The highest BCUT2D eigenvalue weighted by atomic mass is 35.5. The number of nitrogens with zero attached hydrogens (tertiary/aromatic N) is 2. The predicted octanol–water partition coefficient (Wildman–Crippen LogP) is 3.93. The van der Waals surface area contributed by atoms with E-state index in [1.165, 1.54) is 0 Å². The summed E-state index contributed by atoms with van der Waals surface area (Å²) in [6.45, 7) is 1.86. The van der Waals surface area contributed by atoms with Gasteiger partial charge in [-0.3, -0.25) is 0 Å². The van der Waals surface area contributed by atoms with Gasteiger partial charge >= 0.3 is 0 Å². The summed E-state index contributed by atoms with van der Waals surface area (Å²) in [5, 5.41) is 3.87. The van der Waals surface area contributed by atoms with Crippen molar-refractivity contribution in [2.24, 2.45) is 0 Å². The zero-order chi connectivity index (χ0) is 13.1. The molecule has 0 spiro atoms. The Balaban J connectivity index is 2.33. The monoisotopic (exact) mass is 283 g/mol. The van der Waals surface area contributed by atoms with E-state index in [9.17, 15) is 0 Å². The van der Waals surface area contributed by atoms with Gasteiger partial charge in [0.25, 0.3) is 0 Å². The third kappa shape index (κ3) is 3.03. The molecule has 0 bridgehead atoms. The first-order valence-electron chi connectivity index (χ1n) is 5.24. The smallest absolute Gasteiger partial charge is 0.226 e. The van der Waals surface area contributed by atoms with E-state index >= 15 is 0 Å². The van der Waals surface area contributed by atoms with Crippen LogP contribution in [0.25, 0.3) is 0 Å². The molecule has 4 nitrogen and oxygen atoms in total. The van der Waals surface area contributed by atoms with Crippen molar-refractivity contribution in [2.45, 2.75) is 6.92 Å². The number of halogens is 2. The Morgan fingerprint density at radius 1 is 1.17 bits per heavy atom. The molecule has 0 saturated heterocycles. The Hall–Kier alpha value is -1.52. The van der Waals surface area contributed by atoms with Gasteiger partial charge in [-0.1, -0.05) is 23.2 Å². The highest BCUT2D eigenvalue weighted by molar-refractivity contribution is 6.34. The molecule has 0 fully saturated rings. The number of hydrogen-bond acceptors (Lipinski definition) is 4. The lowest BCUT2D eigenvalue weighted by molar-refractivity contribution is 0.458. The highest BCUT2D eigenvalue weighted by Crippen LogP contribution is 2.29. The van der Waals surface area contributed by atoms with Gasteiger partial charge in [-0.05, 0) is 25.1 Å². The second-order valence-corrected chi connectivity index (χ2v) is 4.51. The van der Waals surface area contributed by atoms with E-state index in [0.29, 0.717) is 27.6 Å².